The molecule has 0 aliphatic carbocycles. The fourth-order valence-electron chi connectivity index (χ4n) is 3.88. The SMILES string of the molecule is COc1cc(C)c(CN2CCC[C@H](c3ncccc3S(C)(=O)=O)C2)cc1OC. The first-order valence-corrected chi connectivity index (χ1v) is 11.3. The van der Waals surface area contributed by atoms with Crippen molar-refractivity contribution in [3.63, 3.8) is 0 Å². The molecule has 0 spiro atoms. The van der Waals surface area contributed by atoms with E-state index in [-0.39, 0.29) is 5.92 Å². The topological polar surface area (TPSA) is 68.7 Å². The molecule has 0 radical (unpaired) electrons. The Morgan fingerprint density at radius 2 is 1.93 bits per heavy atom. The summed E-state index contributed by atoms with van der Waals surface area (Å²) in [7, 11) is -0.0162. The number of hydrogen-bond donors (Lipinski definition) is 0. The highest BCUT2D eigenvalue weighted by Crippen LogP contribution is 2.33. The number of piperidine rings is 1. The lowest BCUT2D eigenvalue weighted by Crippen LogP contribution is -2.35. The number of hydrogen-bond acceptors (Lipinski definition) is 6. The maximum atomic E-state index is 12.2. The van der Waals surface area contributed by atoms with Gasteiger partial charge in [0, 0.05) is 31.5 Å². The van der Waals surface area contributed by atoms with Crippen molar-refractivity contribution in [2.24, 2.45) is 0 Å². The van der Waals surface area contributed by atoms with Crippen molar-refractivity contribution in [3.05, 3.63) is 47.3 Å². The summed E-state index contributed by atoms with van der Waals surface area (Å²) in [6.07, 6.45) is 4.89. The summed E-state index contributed by atoms with van der Waals surface area (Å²) in [4.78, 5) is 7.15. The molecule has 1 aromatic carbocycles. The van der Waals surface area contributed by atoms with Crippen molar-refractivity contribution in [2.45, 2.75) is 37.1 Å². The van der Waals surface area contributed by atoms with Gasteiger partial charge in [-0.15, -0.1) is 0 Å². The number of sulfone groups is 1. The van der Waals surface area contributed by atoms with Gasteiger partial charge in [0.1, 0.15) is 0 Å². The molecule has 28 heavy (non-hydrogen) atoms. The number of methoxy groups -OCH3 is 2. The molecule has 1 aromatic heterocycles. The number of pyridine rings is 1. The van der Waals surface area contributed by atoms with Gasteiger partial charge in [-0.25, -0.2) is 8.42 Å². The van der Waals surface area contributed by atoms with Gasteiger partial charge in [0.15, 0.2) is 21.3 Å². The molecule has 0 amide bonds. The van der Waals surface area contributed by atoms with Gasteiger partial charge in [-0.3, -0.25) is 9.88 Å². The molecule has 0 N–H and O–H groups in total. The van der Waals surface area contributed by atoms with Gasteiger partial charge in [0.25, 0.3) is 0 Å². The predicted molar refractivity (Wildman–Crippen MR) is 109 cm³/mol. The van der Waals surface area contributed by atoms with Gasteiger partial charge in [-0.1, -0.05) is 0 Å². The molecule has 7 heteroatoms. The Hall–Kier alpha value is -2.12. The molecule has 1 fully saturated rings. The van der Waals surface area contributed by atoms with Gasteiger partial charge in [0.05, 0.1) is 24.8 Å². The molecule has 1 saturated heterocycles. The van der Waals surface area contributed by atoms with Crippen molar-refractivity contribution in [3.8, 4) is 11.5 Å². The molecule has 1 atom stereocenters. The van der Waals surface area contributed by atoms with Crippen LogP contribution in [0.2, 0.25) is 0 Å². The quantitative estimate of drug-likeness (QED) is 0.737. The summed E-state index contributed by atoms with van der Waals surface area (Å²) in [5.41, 5.74) is 3.02. The molecule has 1 aliphatic rings. The third-order valence-corrected chi connectivity index (χ3v) is 6.47. The third kappa shape index (κ3) is 4.47. The Morgan fingerprint density at radius 3 is 2.61 bits per heavy atom. The van der Waals surface area contributed by atoms with E-state index in [1.807, 2.05) is 12.1 Å². The minimum Gasteiger partial charge on any atom is -0.493 e. The molecular weight excluding hydrogens is 376 g/mol. The lowest BCUT2D eigenvalue weighted by Gasteiger charge is -2.33. The van der Waals surface area contributed by atoms with Crippen molar-refractivity contribution < 1.29 is 17.9 Å². The molecule has 2 heterocycles. The first-order valence-electron chi connectivity index (χ1n) is 9.42. The Bertz CT molecular complexity index is 943. The average Bonchev–Trinajstić information content (AvgIpc) is 2.68. The van der Waals surface area contributed by atoms with Crippen LogP contribution in [-0.4, -0.2) is 51.9 Å². The second kappa shape index (κ2) is 8.49. The van der Waals surface area contributed by atoms with E-state index in [1.165, 1.54) is 11.8 Å². The highest BCUT2D eigenvalue weighted by molar-refractivity contribution is 7.90. The normalized spacial score (nSPS) is 18.1. The van der Waals surface area contributed by atoms with E-state index in [0.717, 1.165) is 49.5 Å². The van der Waals surface area contributed by atoms with Crippen LogP contribution in [0.25, 0.3) is 0 Å². The standard InChI is InChI=1S/C21H28N2O4S/c1-15-11-18(26-2)19(27-3)12-17(15)14-23-10-6-7-16(13-23)21-20(28(4,24)25)8-5-9-22-21/h5,8-9,11-12,16H,6-7,10,13-14H2,1-4H3/t16-/m0/s1. The minimum atomic E-state index is -3.29. The zero-order valence-corrected chi connectivity index (χ0v) is 17.8. The van der Waals surface area contributed by atoms with Gasteiger partial charge in [-0.05, 0) is 61.7 Å². The lowest BCUT2D eigenvalue weighted by molar-refractivity contribution is 0.196. The summed E-state index contributed by atoms with van der Waals surface area (Å²) >= 11 is 0. The third-order valence-electron chi connectivity index (χ3n) is 5.33. The van der Waals surface area contributed by atoms with Crippen LogP contribution in [0.5, 0.6) is 11.5 Å². The number of benzene rings is 1. The zero-order valence-electron chi connectivity index (χ0n) is 16.9. The minimum absolute atomic E-state index is 0.111. The number of nitrogens with zero attached hydrogens (tertiary/aromatic N) is 2. The molecule has 3 rings (SSSR count). The van der Waals surface area contributed by atoms with E-state index in [9.17, 15) is 8.42 Å². The summed E-state index contributed by atoms with van der Waals surface area (Å²) in [6.45, 7) is 4.61. The van der Waals surface area contributed by atoms with Crippen LogP contribution < -0.4 is 9.47 Å². The molecule has 0 unspecified atom stereocenters. The number of aromatic nitrogens is 1. The van der Waals surface area contributed by atoms with Crippen LogP contribution in [0, 0.1) is 6.92 Å². The predicted octanol–water partition coefficient (Wildman–Crippen LogP) is 3.19. The molecule has 6 nitrogen and oxygen atoms in total. The zero-order chi connectivity index (χ0) is 20.3. The van der Waals surface area contributed by atoms with Crippen molar-refractivity contribution in [1.82, 2.24) is 9.88 Å². The number of likely N-dealkylation sites (tertiary alicyclic amines) is 1. The molecule has 1 aliphatic heterocycles. The first kappa shape index (κ1) is 20.6. The monoisotopic (exact) mass is 404 g/mol. The lowest BCUT2D eigenvalue weighted by atomic mass is 9.93. The largest absolute Gasteiger partial charge is 0.493 e. The summed E-state index contributed by atoms with van der Waals surface area (Å²) in [6, 6.07) is 7.37. The molecule has 2 aromatic rings. The summed E-state index contributed by atoms with van der Waals surface area (Å²) < 4.78 is 35.2. The molecule has 152 valence electrons. The van der Waals surface area contributed by atoms with Gasteiger partial charge >= 0.3 is 0 Å². The maximum absolute atomic E-state index is 12.2. The van der Waals surface area contributed by atoms with E-state index in [2.05, 4.69) is 16.8 Å². The highest BCUT2D eigenvalue weighted by atomic mass is 32.2. The maximum Gasteiger partial charge on any atom is 0.177 e. The molecular formula is C21H28N2O4S. The van der Waals surface area contributed by atoms with Gasteiger partial charge in [0.2, 0.25) is 0 Å². The van der Waals surface area contributed by atoms with E-state index < -0.39 is 9.84 Å². The molecule has 0 saturated carbocycles. The molecule has 0 bridgehead atoms. The Labute approximate surface area is 167 Å². The van der Waals surface area contributed by atoms with Crippen LogP contribution in [-0.2, 0) is 16.4 Å². The number of ether oxygens (including phenoxy) is 2. The van der Waals surface area contributed by atoms with Gasteiger partial charge < -0.3 is 9.47 Å². The van der Waals surface area contributed by atoms with E-state index in [0.29, 0.717) is 10.6 Å². The van der Waals surface area contributed by atoms with Crippen LogP contribution >= 0.6 is 0 Å². The summed E-state index contributed by atoms with van der Waals surface area (Å²) in [5, 5.41) is 0. The Balaban J connectivity index is 1.82. The average molecular weight is 405 g/mol. The van der Waals surface area contributed by atoms with Crippen LogP contribution in [0.1, 0.15) is 35.6 Å². The fraction of sp³-hybridized carbons (Fsp3) is 0.476. The van der Waals surface area contributed by atoms with Crippen molar-refractivity contribution >= 4 is 9.84 Å². The number of rotatable bonds is 6. The van der Waals surface area contributed by atoms with Gasteiger partial charge in [-0.2, -0.15) is 0 Å². The summed E-state index contributed by atoms with van der Waals surface area (Å²) in [5.74, 6) is 1.56. The second-order valence-corrected chi connectivity index (χ2v) is 9.35. The Morgan fingerprint density at radius 1 is 1.21 bits per heavy atom. The highest BCUT2D eigenvalue weighted by Gasteiger charge is 2.27. The van der Waals surface area contributed by atoms with E-state index in [1.54, 1.807) is 32.5 Å². The Kier molecular flexibility index (Phi) is 6.25. The smallest absolute Gasteiger partial charge is 0.177 e. The van der Waals surface area contributed by atoms with Crippen molar-refractivity contribution in [2.75, 3.05) is 33.6 Å². The van der Waals surface area contributed by atoms with Crippen LogP contribution in [0.3, 0.4) is 0 Å². The van der Waals surface area contributed by atoms with E-state index >= 15 is 0 Å². The van der Waals surface area contributed by atoms with Crippen LogP contribution in [0.4, 0.5) is 0 Å². The number of aryl methyl sites for hydroxylation is 1. The van der Waals surface area contributed by atoms with E-state index in [4.69, 9.17) is 9.47 Å². The first-order chi connectivity index (χ1) is 13.3. The second-order valence-electron chi connectivity index (χ2n) is 7.37. The van der Waals surface area contributed by atoms with Crippen molar-refractivity contribution in [1.29, 1.82) is 0 Å². The van der Waals surface area contributed by atoms with Crippen LogP contribution in [0.15, 0.2) is 35.4 Å². The fourth-order valence-corrected chi connectivity index (χ4v) is 4.80.